The first-order chi connectivity index (χ1) is 7.98. The van der Waals surface area contributed by atoms with Crippen LogP contribution in [0.15, 0.2) is 9.66 Å². The Kier molecular flexibility index (Phi) is 4.88. The normalized spacial score (nSPS) is 39.9. The second kappa shape index (κ2) is 5.68. The van der Waals surface area contributed by atoms with E-state index >= 15 is 0 Å². The van der Waals surface area contributed by atoms with Crippen LogP contribution in [0, 0.1) is 29.1 Å². The molecule has 0 spiro atoms. The summed E-state index contributed by atoms with van der Waals surface area (Å²) in [6.07, 6.45) is 8.08. The molecule has 2 aliphatic carbocycles. The van der Waals surface area contributed by atoms with Crippen molar-refractivity contribution in [1.29, 1.82) is 0 Å². The summed E-state index contributed by atoms with van der Waals surface area (Å²) >= 11 is 5.08. The fourth-order valence-corrected chi connectivity index (χ4v) is 5.37. The van der Waals surface area contributed by atoms with Crippen molar-refractivity contribution in [3.8, 4) is 0 Å². The summed E-state index contributed by atoms with van der Waals surface area (Å²) in [6, 6.07) is 0. The van der Waals surface area contributed by atoms with E-state index in [0.29, 0.717) is 5.41 Å². The van der Waals surface area contributed by atoms with Crippen molar-refractivity contribution in [2.45, 2.75) is 46.5 Å². The summed E-state index contributed by atoms with van der Waals surface area (Å²) in [6.45, 7) is 7.56. The zero-order valence-electron chi connectivity index (χ0n) is 11.2. The molecule has 0 aromatic heterocycles. The first kappa shape index (κ1) is 14.6. The third-order valence-electron chi connectivity index (χ3n) is 5.54. The number of halogens is 2. The van der Waals surface area contributed by atoms with Gasteiger partial charge in [-0.1, -0.05) is 49.4 Å². The highest BCUT2D eigenvalue weighted by Crippen LogP contribution is 2.60. The molecule has 1 fully saturated rings. The lowest BCUT2D eigenvalue weighted by molar-refractivity contribution is 0.172. The van der Waals surface area contributed by atoms with Crippen molar-refractivity contribution in [3.05, 3.63) is 9.66 Å². The highest BCUT2D eigenvalue weighted by Gasteiger charge is 2.52. The van der Waals surface area contributed by atoms with Crippen LogP contribution >= 0.6 is 45.2 Å². The largest absolute Gasteiger partial charge is 0.0864 e. The molecule has 4 atom stereocenters. The predicted octanol–water partition coefficient (Wildman–Crippen LogP) is 5.84. The topological polar surface area (TPSA) is 0 Å². The molecule has 0 aliphatic heterocycles. The smallest absolute Gasteiger partial charge is 0.000462 e. The van der Waals surface area contributed by atoms with E-state index in [1.54, 1.807) is 3.58 Å². The van der Waals surface area contributed by atoms with Gasteiger partial charge in [0.1, 0.15) is 0 Å². The third kappa shape index (κ3) is 2.72. The van der Waals surface area contributed by atoms with Crippen LogP contribution in [0.25, 0.3) is 0 Å². The SMILES string of the molecule is CC1C(CCCI)C2CC=C(I)CC2C1(C)C. The Hall–Kier alpha value is 1.20. The molecule has 0 amide bonds. The van der Waals surface area contributed by atoms with Gasteiger partial charge in [-0.2, -0.15) is 0 Å². The number of alkyl halides is 1. The second-order valence-corrected chi connectivity index (χ2v) is 8.93. The fraction of sp³-hybridized carbons (Fsp3) is 0.867. The molecule has 4 unspecified atom stereocenters. The van der Waals surface area contributed by atoms with Crippen LogP contribution in [-0.4, -0.2) is 4.43 Å². The van der Waals surface area contributed by atoms with Gasteiger partial charge in [0.05, 0.1) is 0 Å². The molecular weight excluding hydrogens is 434 g/mol. The van der Waals surface area contributed by atoms with Gasteiger partial charge in [-0.15, -0.1) is 0 Å². The molecule has 17 heavy (non-hydrogen) atoms. The third-order valence-corrected chi connectivity index (χ3v) is 7.18. The van der Waals surface area contributed by atoms with Crippen molar-refractivity contribution in [2.75, 3.05) is 4.43 Å². The Morgan fingerprint density at radius 2 is 2.12 bits per heavy atom. The minimum absolute atomic E-state index is 0.547. The van der Waals surface area contributed by atoms with Crippen LogP contribution in [0.2, 0.25) is 0 Å². The van der Waals surface area contributed by atoms with Crippen LogP contribution in [0.4, 0.5) is 0 Å². The maximum atomic E-state index is 2.55. The zero-order valence-corrected chi connectivity index (χ0v) is 15.5. The lowest BCUT2D eigenvalue weighted by Crippen LogP contribution is -2.27. The maximum Gasteiger partial charge on any atom is -0.000462 e. The standard InChI is InChI=1S/C15H24I2/c1-10-12(5-4-8-16)13-7-6-11(17)9-14(13)15(10,2)3/h6,10,12-14H,4-5,7-9H2,1-3H3. The van der Waals surface area contributed by atoms with Gasteiger partial charge < -0.3 is 0 Å². The summed E-state index contributed by atoms with van der Waals surface area (Å²) in [5.41, 5.74) is 0.547. The van der Waals surface area contributed by atoms with Crippen molar-refractivity contribution in [3.63, 3.8) is 0 Å². The fourth-order valence-electron chi connectivity index (χ4n) is 4.20. The van der Waals surface area contributed by atoms with E-state index in [1.807, 2.05) is 0 Å². The Balaban J connectivity index is 2.19. The van der Waals surface area contributed by atoms with Gasteiger partial charge in [0.25, 0.3) is 0 Å². The van der Waals surface area contributed by atoms with Gasteiger partial charge in [0, 0.05) is 0 Å². The summed E-state index contributed by atoms with van der Waals surface area (Å²) in [7, 11) is 0. The molecule has 0 aromatic rings. The van der Waals surface area contributed by atoms with E-state index in [1.165, 1.54) is 30.1 Å². The number of hydrogen-bond donors (Lipinski definition) is 0. The summed E-state index contributed by atoms with van der Waals surface area (Å²) in [4.78, 5) is 0. The van der Waals surface area contributed by atoms with E-state index in [4.69, 9.17) is 0 Å². The van der Waals surface area contributed by atoms with Crippen LogP contribution in [0.3, 0.4) is 0 Å². The molecule has 2 rings (SSSR count). The molecule has 2 heteroatoms. The van der Waals surface area contributed by atoms with Gasteiger partial charge in [0.15, 0.2) is 0 Å². The molecule has 1 saturated carbocycles. The molecule has 0 bridgehead atoms. The quantitative estimate of drug-likeness (QED) is 0.369. The molecule has 0 heterocycles. The van der Waals surface area contributed by atoms with Gasteiger partial charge >= 0.3 is 0 Å². The maximum absolute atomic E-state index is 2.55. The Bertz CT molecular complexity index is 306. The van der Waals surface area contributed by atoms with Crippen LogP contribution < -0.4 is 0 Å². The van der Waals surface area contributed by atoms with Crippen LogP contribution in [0.5, 0.6) is 0 Å². The molecule has 0 aromatic carbocycles. The lowest BCUT2D eigenvalue weighted by Gasteiger charge is -2.35. The van der Waals surface area contributed by atoms with Gasteiger partial charge in [-0.25, -0.2) is 0 Å². The monoisotopic (exact) mass is 458 g/mol. The molecule has 0 radical (unpaired) electrons. The van der Waals surface area contributed by atoms with Crippen molar-refractivity contribution in [1.82, 2.24) is 0 Å². The Labute approximate surface area is 134 Å². The van der Waals surface area contributed by atoms with E-state index in [-0.39, 0.29) is 0 Å². The summed E-state index contributed by atoms with van der Waals surface area (Å²) in [5.74, 6) is 3.79. The average molecular weight is 458 g/mol. The number of hydrogen-bond acceptors (Lipinski definition) is 0. The van der Waals surface area contributed by atoms with E-state index < -0.39 is 0 Å². The van der Waals surface area contributed by atoms with Gasteiger partial charge in [-0.3, -0.25) is 0 Å². The van der Waals surface area contributed by atoms with Gasteiger partial charge in [-0.05, 0) is 85.4 Å². The van der Waals surface area contributed by atoms with E-state index in [2.05, 4.69) is 72.0 Å². The molecule has 0 saturated heterocycles. The summed E-state index contributed by atoms with van der Waals surface area (Å²) in [5, 5.41) is 0. The highest BCUT2D eigenvalue weighted by atomic mass is 127. The number of rotatable bonds is 3. The minimum Gasteiger partial charge on any atom is -0.0864 e. The number of fused-ring (bicyclic) bond motifs is 1. The van der Waals surface area contributed by atoms with Crippen molar-refractivity contribution < 1.29 is 0 Å². The van der Waals surface area contributed by atoms with E-state index in [0.717, 1.165) is 23.7 Å². The highest BCUT2D eigenvalue weighted by molar-refractivity contribution is 14.1. The molecule has 0 N–H and O–H groups in total. The van der Waals surface area contributed by atoms with Crippen LogP contribution in [-0.2, 0) is 0 Å². The summed E-state index contributed by atoms with van der Waals surface area (Å²) < 4.78 is 2.94. The second-order valence-electron chi connectivity index (χ2n) is 6.47. The van der Waals surface area contributed by atoms with Crippen molar-refractivity contribution in [2.24, 2.45) is 29.1 Å². The molecule has 0 nitrogen and oxygen atoms in total. The zero-order chi connectivity index (χ0) is 12.6. The first-order valence-electron chi connectivity index (χ1n) is 6.89. The van der Waals surface area contributed by atoms with Crippen LogP contribution in [0.1, 0.15) is 46.5 Å². The predicted molar refractivity (Wildman–Crippen MR) is 92.9 cm³/mol. The first-order valence-corrected chi connectivity index (χ1v) is 9.49. The molecule has 98 valence electrons. The van der Waals surface area contributed by atoms with Gasteiger partial charge in [0.2, 0.25) is 0 Å². The number of allylic oxidation sites excluding steroid dienone is 2. The van der Waals surface area contributed by atoms with E-state index in [9.17, 15) is 0 Å². The molecular formula is C15H24I2. The molecule has 2 aliphatic rings. The van der Waals surface area contributed by atoms with Crippen molar-refractivity contribution >= 4 is 45.2 Å². The Morgan fingerprint density at radius 1 is 1.41 bits per heavy atom. The lowest BCUT2D eigenvalue weighted by atomic mass is 9.71. The Morgan fingerprint density at radius 3 is 2.76 bits per heavy atom. The average Bonchev–Trinajstić information content (AvgIpc) is 2.47. The minimum atomic E-state index is 0.547.